The maximum absolute atomic E-state index is 11.4. The standard InChI is InChI=1S/C11H20N2O4/c1-3-17-9-5-8(6-9)13-11(16)12-7(2)4-10(14)15/h7-9H,3-6H2,1-2H3,(H,14,15)(H2,12,13,16). The maximum atomic E-state index is 11.4. The molecule has 0 aromatic heterocycles. The minimum absolute atomic E-state index is 0.0698. The maximum Gasteiger partial charge on any atom is 0.315 e. The number of hydrogen-bond donors (Lipinski definition) is 3. The summed E-state index contributed by atoms with van der Waals surface area (Å²) in [6.45, 7) is 4.30. The molecule has 17 heavy (non-hydrogen) atoms. The topological polar surface area (TPSA) is 87.7 Å². The molecule has 6 nitrogen and oxygen atoms in total. The summed E-state index contributed by atoms with van der Waals surface area (Å²) in [6.07, 6.45) is 1.84. The number of carbonyl (C=O) groups excluding carboxylic acids is 1. The molecular weight excluding hydrogens is 224 g/mol. The molecule has 0 aromatic carbocycles. The third-order valence-corrected chi connectivity index (χ3v) is 2.69. The van der Waals surface area contributed by atoms with Crippen LogP contribution in [0.4, 0.5) is 4.79 Å². The highest BCUT2D eigenvalue weighted by molar-refractivity contribution is 5.76. The van der Waals surface area contributed by atoms with Crippen molar-refractivity contribution < 1.29 is 19.4 Å². The molecule has 6 heteroatoms. The Labute approximate surface area is 101 Å². The first-order chi connectivity index (χ1) is 8.01. The number of ether oxygens (including phenoxy) is 1. The Hall–Kier alpha value is -1.30. The number of amides is 2. The van der Waals surface area contributed by atoms with Gasteiger partial charge in [-0.25, -0.2) is 4.79 Å². The second-order valence-corrected chi connectivity index (χ2v) is 4.36. The zero-order valence-electron chi connectivity index (χ0n) is 10.2. The summed E-state index contributed by atoms with van der Waals surface area (Å²) < 4.78 is 5.37. The van der Waals surface area contributed by atoms with Crippen molar-refractivity contribution in [3.63, 3.8) is 0 Å². The average molecular weight is 244 g/mol. The Morgan fingerprint density at radius 2 is 2.12 bits per heavy atom. The summed E-state index contributed by atoms with van der Waals surface area (Å²) in [5.74, 6) is -0.919. The Morgan fingerprint density at radius 3 is 2.65 bits per heavy atom. The molecule has 0 heterocycles. The van der Waals surface area contributed by atoms with Crippen LogP contribution in [0.5, 0.6) is 0 Å². The van der Waals surface area contributed by atoms with Gasteiger partial charge in [-0.05, 0) is 26.7 Å². The van der Waals surface area contributed by atoms with E-state index in [1.54, 1.807) is 6.92 Å². The van der Waals surface area contributed by atoms with Crippen molar-refractivity contribution in [1.82, 2.24) is 10.6 Å². The van der Waals surface area contributed by atoms with Crippen molar-refractivity contribution in [3.8, 4) is 0 Å². The molecule has 1 rings (SSSR count). The average Bonchev–Trinajstić information content (AvgIpc) is 2.12. The first kappa shape index (κ1) is 13.8. The van der Waals surface area contributed by atoms with Gasteiger partial charge in [-0.15, -0.1) is 0 Å². The Morgan fingerprint density at radius 1 is 1.47 bits per heavy atom. The largest absolute Gasteiger partial charge is 0.481 e. The summed E-state index contributed by atoms with van der Waals surface area (Å²) in [4.78, 5) is 21.9. The highest BCUT2D eigenvalue weighted by atomic mass is 16.5. The molecule has 1 saturated carbocycles. The van der Waals surface area contributed by atoms with Gasteiger partial charge < -0.3 is 20.5 Å². The van der Waals surface area contributed by atoms with E-state index >= 15 is 0 Å². The number of hydrogen-bond acceptors (Lipinski definition) is 3. The lowest BCUT2D eigenvalue weighted by Crippen LogP contribution is -2.52. The van der Waals surface area contributed by atoms with Crippen LogP contribution in [-0.4, -0.2) is 41.9 Å². The van der Waals surface area contributed by atoms with Gasteiger partial charge in [0.25, 0.3) is 0 Å². The van der Waals surface area contributed by atoms with E-state index in [2.05, 4.69) is 10.6 Å². The van der Waals surface area contributed by atoms with Crippen molar-refractivity contribution in [2.45, 2.75) is 51.3 Å². The second kappa shape index (κ2) is 6.44. The van der Waals surface area contributed by atoms with Gasteiger partial charge in [0, 0.05) is 18.7 Å². The zero-order chi connectivity index (χ0) is 12.8. The molecule has 1 unspecified atom stereocenters. The highest BCUT2D eigenvalue weighted by Gasteiger charge is 2.30. The van der Waals surface area contributed by atoms with Crippen LogP contribution in [0.25, 0.3) is 0 Å². The number of carbonyl (C=O) groups is 2. The SMILES string of the molecule is CCOC1CC(NC(=O)NC(C)CC(=O)O)C1. The molecule has 2 amide bonds. The molecule has 1 fully saturated rings. The monoisotopic (exact) mass is 244 g/mol. The number of carboxylic acids is 1. The minimum Gasteiger partial charge on any atom is -0.481 e. The van der Waals surface area contributed by atoms with Crippen LogP contribution < -0.4 is 10.6 Å². The van der Waals surface area contributed by atoms with Crippen LogP contribution in [-0.2, 0) is 9.53 Å². The summed E-state index contributed by atoms with van der Waals surface area (Å²) in [6, 6.07) is -0.530. The van der Waals surface area contributed by atoms with Gasteiger partial charge >= 0.3 is 12.0 Å². The van der Waals surface area contributed by atoms with E-state index in [-0.39, 0.29) is 30.6 Å². The molecule has 0 spiro atoms. The third-order valence-electron chi connectivity index (χ3n) is 2.69. The summed E-state index contributed by atoms with van der Waals surface area (Å²) in [5.41, 5.74) is 0. The third kappa shape index (κ3) is 5.04. The lowest BCUT2D eigenvalue weighted by Gasteiger charge is -2.35. The number of aliphatic carboxylic acids is 1. The van der Waals surface area contributed by atoms with Crippen LogP contribution in [0, 0.1) is 0 Å². The van der Waals surface area contributed by atoms with E-state index in [4.69, 9.17) is 9.84 Å². The van der Waals surface area contributed by atoms with Crippen LogP contribution in [0.1, 0.15) is 33.1 Å². The van der Waals surface area contributed by atoms with Crippen LogP contribution in [0.15, 0.2) is 0 Å². The molecule has 1 aliphatic carbocycles. The molecule has 1 atom stereocenters. The van der Waals surface area contributed by atoms with Crippen LogP contribution >= 0.6 is 0 Å². The lowest BCUT2D eigenvalue weighted by atomic mass is 9.89. The fourth-order valence-corrected chi connectivity index (χ4v) is 1.82. The first-order valence-corrected chi connectivity index (χ1v) is 5.91. The number of carboxylic acid groups (broad SMARTS) is 1. The number of rotatable bonds is 6. The van der Waals surface area contributed by atoms with E-state index in [9.17, 15) is 9.59 Å². The van der Waals surface area contributed by atoms with Gasteiger partial charge in [0.2, 0.25) is 0 Å². The quantitative estimate of drug-likeness (QED) is 0.642. The van der Waals surface area contributed by atoms with Gasteiger partial charge in [0.05, 0.1) is 12.5 Å². The predicted molar refractivity (Wildman–Crippen MR) is 61.8 cm³/mol. The Balaban J connectivity index is 2.12. The van der Waals surface area contributed by atoms with E-state index in [0.29, 0.717) is 6.61 Å². The second-order valence-electron chi connectivity index (χ2n) is 4.36. The van der Waals surface area contributed by atoms with Crippen molar-refractivity contribution in [3.05, 3.63) is 0 Å². The van der Waals surface area contributed by atoms with Crippen molar-refractivity contribution in [2.75, 3.05) is 6.61 Å². The van der Waals surface area contributed by atoms with E-state index in [0.717, 1.165) is 12.8 Å². The van der Waals surface area contributed by atoms with Crippen molar-refractivity contribution in [1.29, 1.82) is 0 Å². The fraction of sp³-hybridized carbons (Fsp3) is 0.818. The normalized spacial score (nSPS) is 24.6. The zero-order valence-corrected chi connectivity index (χ0v) is 10.2. The van der Waals surface area contributed by atoms with E-state index in [1.807, 2.05) is 6.92 Å². The van der Waals surface area contributed by atoms with E-state index in [1.165, 1.54) is 0 Å². The summed E-state index contributed by atoms with van der Waals surface area (Å²) in [5, 5.41) is 13.9. The molecule has 0 radical (unpaired) electrons. The van der Waals surface area contributed by atoms with Crippen LogP contribution in [0.2, 0.25) is 0 Å². The van der Waals surface area contributed by atoms with Crippen molar-refractivity contribution >= 4 is 12.0 Å². The molecule has 98 valence electrons. The Kier molecular flexibility index (Phi) is 5.21. The molecule has 1 aliphatic rings. The predicted octanol–water partition coefficient (Wildman–Crippen LogP) is 0.716. The minimum atomic E-state index is -0.919. The molecule has 0 aromatic rings. The van der Waals surface area contributed by atoms with Gasteiger partial charge in [0.1, 0.15) is 0 Å². The Bertz CT molecular complexity index is 277. The number of urea groups is 1. The lowest BCUT2D eigenvalue weighted by molar-refractivity contribution is -0.137. The van der Waals surface area contributed by atoms with Crippen LogP contribution in [0.3, 0.4) is 0 Å². The molecular formula is C11H20N2O4. The van der Waals surface area contributed by atoms with Gasteiger partial charge in [-0.2, -0.15) is 0 Å². The van der Waals surface area contributed by atoms with Crippen molar-refractivity contribution in [2.24, 2.45) is 0 Å². The van der Waals surface area contributed by atoms with E-state index < -0.39 is 5.97 Å². The highest BCUT2D eigenvalue weighted by Crippen LogP contribution is 2.22. The first-order valence-electron chi connectivity index (χ1n) is 5.91. The number of nitrogens with one attached hydrogen (secondary N) is 2. The smallest absolute Gasteiger partial charge is 0.315 e. The fourth-order valence-electron chi connectivity index (χ4n) is 1.82. The summed E-state index contributed by atoms with van der Waals surface area (Å²) >= 11 is 0. The van der Waals surface area contributed by atoms with Gasteiger partial charge in [-0.1, -0.05) is 0 Å². The molecule has 3 N–H and O–H groups in total. The molecule has 0 aliphatic heterocycles. The summed E-state index contributed by atoms with van der Waals surface area (Å²) in [7, 11) is 0. The molecule has 0 saturated heterocycles. The van der Waals surface area contributed by atoms with Gasteiger partial charge in [0.15, 0.2) is 0 Å². The molecule has 0 bridgehead atoms. The van der Waals surface area contributed by atoms with Gasteiger partial charge in [-0.3, -0.25) is 4.79 Å².